The Morgan fingerprint density at radius 2 is 1.82 bits per heavy atom. The lowest BCUT2D eigenvalue weighted by Gasteiger charge is -2.29. The van der Waals surface area contributed by atoms with Crippen molar-refractivity contribution in [2.75, 3.05) is 19.6 Å². The fraction of sp³-hybridized carbons (Fsp3) is 0.833. The molecule has 0 heterocycles. The third-order valence-corrected chi connectivity index (χ3v) is 2.53. The van der Waals surface area contributed by atoms with Crippen molar-refractivity contribution in [2.24, 2.45) is 22.8 Å². The van der Waals surface area contributed by atoms with Crippen LogP contribution in [0.25, 0.3) is 0 Å². The summed E-state index contributed by atoms with van der Waals surface area (Å²) in [7, 11) is 0. The lowest BCUT2D eigenvalue weighted by atomic mass is 9.84. The second-order valence-corrected chi connectivity index (χ2v) is 5.52. The summed E-state index contributed by atoms with van der Waals surface area (Å²) in [4.78, 5) is 24.5. The SMILES string of the molecule is CCN(CC(N)=O)C(=O)C(CN)CC(C)(C)C. The van der Waals surface area contributed by atoms with Crippen LogP contribution in [-0.2, 0) is 9.59 Å². The quantitative estimate of drug-likeness (QED) is 0.704. The number of amides is 2. The normalized spacial score (nSPS) is 13.2. The molecule has 0 aliphatic carbocycles. The van der Waals surface area contributed by atoms with Gasteiger partial charge in [-0.1, -0.05) is 20.8 Å². The molecule has 100 valence electrons. The van der Waals surface area contributed by atoms with Gasteiger partial charge in [0.2, 0.25) is 11.8 Å². The predicted molar refractivity (Wildman–Crippen MR) is 68.1 cm³/mol. The maximum atomic E-state index is 12.2. The topological polar surface area (TPSA) is 89.4 Å². The van der Waals surface area contributed by atoms with Crippen molar-refractivity contribution in [1.82, 2.24) is 4.90 Å². The first-order valence-electron chi connectivity index (χ1n) is 5.98. The lowest BCUT2D eigenvalue weighted by molar-refractivity contribution is -0.139. The number of primary amides is 1. The summed E-state index contributed by atoms with van der Waals surface area (Å²) in [5, 5.41) is 0. The number of carbonyl (C=O) groups is 2. The van der Waals surface area contributed by atoms with Crippen molar-refractivity contribution in [3.05, 3.63) is 0 Å². The number of rotatable bonds is 6. The van der Waals surface area contributed by atoms with Crippen LogP contribution in [-0.4, -0.2) is 36.3 Å². The first-order chi connectivity index (χ1) is 7.71. The third kappa shape index (κ3) is 6.26. The van der Waals surface area contributed by atoms with Gasteiger partial charge in [0.1, 0.15) is 0 Å². The van der Waals surface area contributed by atoms with E-state index in [1.54, 1.807) is 0 Å². The number of carbonyl (C=O) groups excluding carboxylic acids is 2. The van der Waals surface area contributed by atoms with Crippen LogP contribution in [0.15, 0.2) is 0 Å². The van der Waals surface area contributed by atoms with Crippen LogP contribution in [0.5, 0.6) is 0 Å². The smallest absolute Gasteiger partial charge is 0.237 e. The molecule has 0 aliphatic heterocycles. The fourth-order valence-electron chi connectivity index (χ4n) is 1.80. The fourth-order valence-corrected chi connectivity index (χ4v) is 1.80. The van der Waals surface area contributed by atoms with E-state index >= 15 is 0 Å². The summed E-state index contributed by atoms with van der Waals surface area (Å²) in [6.07, 6.45) is 0.706. The molecule has 1 atom stereocenters. The van der Waals surface area contributed by atoms with Gasteiger partial charge in [0, 0.05) is 13.1 Å². The molecule has 5 heteroatoms. The molecule has 0 aromatic rings. The highest BCUT2D eigenvalue weighted by atomic mass is 16.2. The number of nitrogens with two attached hydrogens (primary N) is 2. The van der Waals surface area contributed by atoms with Crippen molar-refractivity contribution in [1.29, 1.82) is 0 Å². The van der Waals surface area contributed by atoms with Gasteiger partial charge in [-0.25, -0.2) is 0 Å². The van der Waals surface area contributed by atoms with E-state index in [0.717, 1.165) is 0 Å². The Kier molecular flexibility index (Phi) is 6.16. The molecule has 0 aliphatic rings. The molecule has 0 fully saturated rings. The standard InChI is InChI=1S/C12H25N3O2/c1-5-15(8-10(14)16)11(17)9(7-13)6-12(2,3)4/h9H,5-8,13H2,1-4H3,(H2,14,16). The molecule has 0 spiro atoms. The van der Waals surface area contributed by atoms with Gasteiger partial charge in [-0.15, -0.1) is 0 Å². The highest BCUT2D eigenvalue weighted by molar-refractivity contribution is 5.85. The van der Waals surface area contributed by atoms with Crippen molar-refractivity contribution >= 4 is 11.8 Å². The van der Waals surface area contributed by atoms with Gasteiger partial charge in [-0.2, -0.15) is 0 Å². The van der Waals surface area contributed by atoms with Gasteiger partial charge in [0.25, 0.3) is 0 Å². The highest BCUT2D eigenvalue weighted by Gasteiger charge is 2.27. The zero-order chi connectivity index (χ0) is 13.6. The lowest BCUT2D eigenvalue weighted by Crippen LogP contribution is -2.44. The average molecular weight is 243 g/mol. The van der Waals surface area contributed by atoms with Crippen molar-refractivity contribution in [2.45, 2.75) is 34.1 Å². The molecule has 2 amide bonds. The Morgan fingerprint density at radius 1 is 1.29 bits per heavy atom. The number of likely N-dealkylation sites (N-methyl/N-ethyl adjacent to an activating group) is 1. The van der Waals surface area contributed by atoms with E-state index in [4.69, 9.17) is 11.5 Å². The second-order valence-electron chi connectivity index (χ2n) is 5.52. The summed E-state index contributed by atoms with van der Waals surface area (Å²) in [5.41, 5.74) is 10.8. The Morgan fingerprint density at radius 3 is 2.12 bits per heavy atom. The van der Waals surface area contributed by atoms with E-state index in [1.807, 2.05) is 6.92 Å². The van der Waals surface area contributed by atoms with Gasteiger partial charge in [-0.05, 0) is 18.8 Å². The van der Waals surface area contributed by atoms with E-state index in [-0.39, 0.29) is 23.8 Å². The minimum Gasteiger partial charge on any atom is -0.368 e. The van der Waals surface area contributed by atoms with Crippen LogP contribution in [0, 0.1) is 11.3 Å². The molecule has 5 nitrogen and oxygen atoms in total. The first kappa shape index (κ1) is 15.9. The second kappa shape index (κ2) is 6.59. The summed E-state index contributed by atoms with van der Waals surface area (Å²) in [6.45, 7) is 8.75. The predicted octanol–water partition coefficient (Wildman–Crippen LogP) is 0.331. The minimum absolute atomic E-state index is 0.0318. The van der Waals surface area contributed by atoms with Crippen molar-refractivity contribution in [3.63, 3.8) is 0 Å². The molecular formula is C12H25N3O2. The molecule has 0 aromatic carbocycles. The third-order valence-electron chi connectivity index (χ3n) is 2.53. The maximum Gasteiger partial charge on any atom is 0.237 e. The zero-order valence-electron chi connectivity index (χ0n) is 11.3. The number of hydrogen-bond donors (Lipinski definition) is 2. The van der Waals surface area contributed by atoms with Gasteiger partial charge in [0.15, 0.2) is 0 Å². The number of hydrogen-bond acceptors (Lipinski definition) is 3. The van der Waals surface area contributed by atoms with Gasteiger partial charge in [-0.3, -0.25) is 9.59 Å². The van der Waals surface area contributed by atoms with E-state index in [2.05, 4.69) is 20.8 Å². The molecular weight excluding hydrogens is 218 g/mol. The molecule has 0 rings (SSSR count). The molecule has 4 N–H and O–H groups in total. The van der Waals surface area contributed by atoms with Crippen LogP contribution < -0.4 is 11.5 Å². The van der Waals surface area contributed by atoms with Gasteiger partial charge < -0.3 is 16.4 Å². The molecule has 0 saturated carbocycles. The summed E-state index contributed by atoms with van der Waals surface area (Å²) >= 11 is 0. The van der Waals surface area contributed by atoms with Crippen LogP contribution in [0.4, 0.5) is 0 Å². The molecule has 0 aromatic heterocycles. The van der Waals surface area contributed by atoms with E-state index in [1.165, 1.54) is 4.90 Å². The highest BCUT2D eigenvalue weighted by Crippen LogP contribution is 2.25. The Hall–Kier alpha value is -1.10. The van der Waals surface area contributed by atoms with Crippen molar-refractivity contribution in [3.8, 4) is 0 Å². The van der Waals surface area contributed by atoms with Gasteiger partial charge >= 0.3 is 0 Å². The molecule has 17 heavy (non-hydrogen) atoms. The maximum absolute atomic E-state index is 12.2. The minimum atomic E-state index is -0.494. The molecule has 0 radical (unpaired) electrons. The zero-order valence-corrected chi connectivity index (χ0v) is 11.3. The monoisotopic (exact) mass is 243 g/mol. The summed E-state index contributed by atoms with van der Waals surface area (Å²) in [5.74, 6) is -0.815. The van der Waals surface area contributed by atoms with Gasteiger partial charge in [0.05, 0.1) is 12.5 Å². The Labute approximate surface area is 104 Å². The Bertz CT molecular complexity index is 271. The molecule has 0 bridgehead atoms. The van der Waals surface area contributed by atoms with Crippen LogP contribution in [0.3, 0.4) is 0 Å². The number of nitrogens with zero attached hydrogens (tertiary/aromatic N) is 1. The van der Waals surface area contributed by atoms with E-state index in [9.17, 15) is 9.59 Å². The largest absolute Gasteiger partial charge is 0.368 e. The summed E-state index contributed by atoms with van der Waals surface area (Å²) in [6, 6.07) is 0. The summed E-state index contributed by atoms with van der Waals surface area (Å²) < 4.78 is 0. The van der Waals surface area contributed by atoms with Crippen molar-refractivity contribution < 1.29 is 9.59 Å². The van der Waals surface area contributed by atoms with E-state index < -0.39 is 5.91 Å². The van der Waals surface area contributed by atoms with Crippen LogP contribution in [0.1, 0.15) is 34.1 Å². The molecule has 1 unspecified atom stereocenters. The Balaban J connectivity index is 4.65. The van der Waals surface area contributed by atoms with E-state index in [0.29, 0.717) is 19.5 Å². The van der Waals surface area contributed by atoms with Crippen LogP contribution in [0.2, 0.25) is 0 Å². The average Bonchev–Trinajstić information content (AvgIpc) is 2.20. The van der Waals surface area contributed by atoms with Crippen LogP contribution >= 0.6 is 0 Å². The first-order valence-corrected chi connectivity index (χ1v) is 5.98. The molecule has 0 saturated heterocycles.